The fourth-order valence-electron chi connectivity index (χ4n) is 4.31. The minimum absolute atomic E-state index is 0.0430. The number of anilines is 1. The molecule has 0 radical (unpaired) electrons. The van der Waals surface area contributed by atoms with E-state index in [4.69, 9.17) is 4.74 Å². The van der Waals surface area contributed by atoms with Crippen molar-refractivity contribution in [1.82, 2.24) is 9.21 Å². The topological polar surface area (TPSA) is 104 Å². The molecule has 0 aliphatic carbocycles. The molecule has 202 valence electrons. The predicted octanol–water partition coefficient (Wildman–Crippen LogP) is 3.04. The lowest BCUT2D eigenvalue weighted by molar-refractivity contribution is -0.130. The molecule has 0 N–H and O–H groups in total. The van der Waals surface area contributed by atoms with Gasteiger partial charge in [-0.05, 0) is 61.9 Å². The highest BCUT2D eigenvalue weighted by Gasteiger charge is 2.33. The predicted molar refractivity (Wildman–Crippen MR) is 145 cm³/mol. The lowest BCUT2D eigenvalue weighted by Crippen LogP contribution is -2.53. The molecule has 0 spiro atoms. The van der Waals surface area contributed by atoms with Crippen molar-refractivity contribution >= 4 is 31.6 Å². The number of aryl methyl sites for hydroxylation is 2. The van der Waals surface area contributed by atoms with Crippen LogP contribution in [0.25, 0.3) is 0 Å². The normalized spacial score (nSPS) is 14.8. The van der Waals surface area contributed by atoms with Crippen molar-refractivity contribution in [3.63, 3.8) is 0 Å². The van der Waals surface area contributed by atoms with Crippen LogP contribution in [0.4, 0.5) is 5.69 Å². The van der Waals surface area contributed by atoms with E-state index in [-0.39, 0.29) is 36.0 Å². The Morgan fingerprint density at radius 1 is 0.842 bits per heavy atom. The van der Waals surface area contributed by atoms with Gasteiger partial charge in [0.25, 0.3) is 10.0 Å². The number of benzene rings is 3. The minimum Gasteiger partial charge on any atom is -0.496 e. The summed E-state index contributed by atoms with van der Waals surface area (Å²) in [6.07, 6.45) is 0. The molecule has 0 bridgehead atoms. The summed E-state index contributed by atoms with van der Waals surface area (Å²) in [4.78, 5) is 15.1. The molecule has 1 amide bonds. The molecule has 4 rings (SSSR count). The van der Waals surface area contributed by atoms with E-state index in [9.17, 15) is 21.6 Å². The monoisotopic (exact) mass is 557 g/mol. The van der Waals surface area contributed by atoms with Crippen LogP contribution < -0.4 is 9.04 Å². The summed E-state index contributed by atoms with van der Waals surface area (Å²) in [7, 11) is -6.26. The summed E-state index contributed by atoms with van der Waals surface area (Å²) in [6.45, 7) is 3.79. The standard InChI is InChI=1S/C27H31N3O6S2/c1-21-9-11-24(12-10-21)37(32,33)29-17-15-28(16-18-29)27(31)20-30(23-7-5-4-6-8-23)38(34,35)25-13-14-26(36-3)22(2)19-25/h4-14,19H,15-18,20H2,1-3H3. The molecule has 38 heavy (non-hydrogen) atoms. The number of carbonyl (C=O) groups is 1. The molecule has 1 saturated heterocycles. The van der Waals surface area contributed by atoms with Crippen LogP contribution in [-0.4, -0.2) is 71.8 Å². The van der Waals surface area contributed by atoms with Crippen molar-refractivity contribution in [2.24, 2.45) is 0 Å². The van der Waals surface area contributed by atoms with Gasteiger partial charge < -0.3 is 9.64 Å². The van der Waals surface area contributed by atoms with Crippen LogP contribution in [0, 0.1) is 13.8 Å². The largest absolute Gasteiger partial charge is 0.496 e. The van der Waals surface area contributed by atoms with Gasteiger partial charge in [-0.3, -0.25) is 9.10 Å². The van der Waals surface area contributed by atoms with E-state index in [2.05, 4.69) is 0 Å². The van der Waals surface area contributed by atoms with Crippen LogP contribution in [0.1, 0.15) is 11.1 Å². The van der Waals surface area contributed by atoms with Crippen LogP contribution >= 0.6 is 0 Å². The number of nitrogens with zero attached hydrogens (tertiary/aromatic N) is 3. The van der Waals surface area contributed by atoms with Gasteiger partial charge in [-0.25, -0.2) is 16.8 Å². The first-order valence-electron chi connectivity index (χ1n) is 12.1. The Kier molecular flexibility index (Phi) is 8.10. The highest BCUT2D eigenvalue weighted by molar-refractivity contribution is 7.92. The Morgan fingerprint density at radius 2 is 1.45 bits per heavy atom. The maximum atomic E-state index is 13.7. The second kappa shape index (κ2) is 11.1. The number of sulfonamides is 2. The second-order valence-corrected chi connectivity index (χ2v) is 12.9. The number of rotatable bonds is 8. The summed E-state index contributed by atoms with van der Waals surface area (Å²) in [5.74, 6) is 0.153. The number of para-hydroxylation sites is 1. The SMILES string of the molecule is COc1ccc(S(=O)(=O)N(CC(=O)N2CCN(S(=O)(=O)c3ccc(C)cc3)CC2)c2ccccc2)cc1C. The number of hydrogen-bond donors (Lipinski definition) is 0. The minimum atomic E-state index is -4.08. The molecule has 9 nitrogen and oxygen atoms in total. The average Bonchev–Trinajstić information content (AvgIpc) is 2.92. The maximum Gasteiger partial charge on any atom is 0.264 e. The first kappa shape index (κ1) is 27.6. The summed E-state index contributed by atoms with van der Waals surface area (Å²) in [6, 6.07) is 19.6. The van der Waals surface area contributed by atoms with E-state index in [0.29, 0.717) is 17.0 Å². The van der Waals surface area contributed by atoms with Gasteiger partial charge in [0.15, 0.2) is 0 Å². The summed E-state index contributed by atoms with van der Waals surface area (Å²) < 4.78 is 61.1. The third kappa shape index (κ3) is 5.69. The maximum absolute atomic E-state index is 13.7. The highest BCUT2D eigenvalue weighted by Crippen LogP contribution is 2.27. The zero-order valence-electron chi connectivity index (χ0n) is 21.6. The van der Waals surface area contributed by atoms with Crippen LogP contribution in [-0.2, 0) is 24.8 Å². The Bertz CT molecular complexity index is 1500. The molecule has 0 saturated carbocycles. The van der Waals surface area contributed by atoms with Gasteiger partial charge in [-0.1, -0.05) is 35.9 Å². The van der Waals surface area contributed by atoms with Crippen LogP contribution in [0.15, 0.2) is 82.6 Å². The number of methoxy groups -OCH3 is 1. The average molecular weight is 558 g/mol. The molecule has 11 heteroatoms. The van der Waals surface area contributed by atoms with Gasteiger partial charge in [0.05, 0.1) is 22.6 Å². The quantitative estimate of drug-likeness (QED) is 0.422. The summed E-state index contributed by atoms with van der Waals surface area (Å²) in [5, 5.41) is 0. The molecular formula is C27H31N3O6S2. The van der Waals surface area contributed by atoms with Crippen molar-refractivity contribution in [1.29, 1.82) is 0 Å². The van der Waals surface area contributed by atoms with Crippen molar-refractivity contribution in [2.75, 3.05) is 44.1 Å². The number of carbonyl (C=O) groups excluding carboxylic acids is 1. The summed E-state index contributed by atoms with van der Waals surface area (Å²) >= 11 is 0. The number of hydrogen-bond acceptors (Lipinski definition) is 6. The Balaban J connectivity index is 1.52. The smallest absolute Gasteiger partial charge is 0.264 e. The van der Waals surface area contributed by atoms with Crippen LogP contribution in [0.2, 0.25) is 0 Å². The van der Waals surface area contributed by atoms with E-state index >= 15 is 0 Å². The first-order chi connectivity index (χ1) is 18.0. The van der Waals surface area contributed by atoms with Gasteiger partial charge in [-0.2, -0.15) is 4.31 Å². The van der Waals surface area contributed by atoms with Crippen LogP contribution in [0.5, 0.6) is 5.75 Å². The zero-order chi connectivity index (χ0) is 27.5. The van der Waals surface area contributed by atoms with Gasteiger partial charge in [0.1, 0.15) is 12.3 Å². The van der Waals surface area contributed by atoms with Gasteiger partial charge in [0.2, 0.25) is 15.9 Å². The van der Waals surface area contributed by atoms with Crippen molar-refractivity contribution in [2.45, 2.75) is 23.6 Å². The number of ether oxygens (including phenoxy) is 1. The number of amides is 1. The third-order valence-corrected chi connectivity index (χ3v) is 10.2. The molecular weight excluding hydrogens is 526 g/mol. The van der Waals surface area contributed by atoms with Crippen molar-refractivity contribution in [3.8, 4) is 5.75 Å². The first-order valence-corrected chi connectivity index (χ1v) is 15.0. The van der Waals surface area contributed by atoms with Gasteiger partial charge in [-0.15, -0.1) is 0 Å². The Hall–Kier alpha value is -3.41. The molecule has 3 aromatic carbocycles. The molecule has 0 unspecified atom stereocenters. The Labute approximate surface area is 224 Å². The fourth-order valence-corrected chi connectivity index (χ4v) is 7.23. The Morgan fingerprint density at radius 3 is 2.03 bits per heavy atom. The fraction of sp³-hybridized carbons (Fsp3) is 0.296. The van der Waals surface area contributed by atoms with Gasteiger partial charge in [0, 0.05) is 26.2 Å². The lowest BCUT2D eigenvalue weighted by atomic mass is 10.2. The van der Waals surface area contributed by atoms with E-state index in [1.807, 2.05) is 6.92 Å². The summed E-state index contributed by atoms with van der Waals surface area (Å²) in [5.41, 5.74) is 1.97. The molecule has 1 fully saturated rings. The molecule has 1 aliphatic heterocycles. The lowest BCUT2D eigenvalue weighted by Gasteiger charge is -2.35. The third-order valence-electron chi connectivity index (χ3n) is 6.53. The van der Waals surface area contributed by atoms with E-state index in [1.165, 1.54) is 28.4 Å². The van der Waals surface area contributed by atoms with Gasteiger partial charge >= 0.3 is 0 Å². The molecule has 0 atom stereocenters. The second-order valence-electron chi connectivity index (χ2n) is 9.08. The highest BCUT2D eigenvalue weighted by atomic mass is 32.2. The van der Waals surface area contributed by atoms with Crippen molar-refractivity contribution < 1.29 is 26.4 Å². The van der Waals surface area contributed by atoms with Crippen molar-refractivity contribution in [3.05, 3.63) is 83.9 Å². The zero-order valence-corrected chi connectivity index (χ0v) is 23.2. The number of piperazine rings is 1. The molecule has 3 aromatic rings. The molecule has 1 heterocycles. The van der Waals surface area contributed by atoms with E-state index < -0.39 is 32.5 Å². The molecule has 1 aliphatic rings. The van der Waals surface area contributed by atoms with E-state index in [0.717, 1.165) is 9.87 Å². The molecule has 0 aromatic heterocycles. The van der Waals surface area contributed by atoms with E-state index in [1.54, 1.807) is 67.6 Å². The van der Waals surface area contributed by atoms with Crippen LogP contribution in [0.3, 0.4) is 0 Å².